The van der Waals surface area contributed by atoms with Crippen LogP contribution in [0.15, 0.2) is 18.3 Å². The van der Waals surface area contributed by atoms with E-state index in [0.29, 0.717) is 35.1 Å². The van der Waals surface area contributed by atoms with Crippen molar-refractivity contribution in [2.45, 2.75) is 63.0 Å². The number of methoxy groups -OCH3 is 1. The van der Waals surface area contributed by atoms with Crippen LogP contribution < -0.4 is 10.5 Å². The van der Waals surface area contributed by atoms with Gasteiger partial charge in [0.1, 0.15) is 5.82 Å². The minimum atomic E-state index is -2.96. The summed E-state index contributed by atoms with van der Waals surface area (Å²) in [6.07, 6.45) is 8.40. The fraction of sp³-hybridized carbons (Fsp3) is 0.625. The molecule has 3 unspecified atom stereocenters. The predicted molar refractivity (Wildman–Crippen MR) is 120 cm³/mol. The summed E-state index contributed by atoms with van der Waals surface area (Å²) in [6.45, 7) is -0.120. The van der Waals surface area contributed by atoms with E-state index in [1.165, 1.54) is 18.9 Å². The van der Waals surface area contributed by atoms with Gasteiger partial charge in [-0.25, -0.2) is 15.0 Å². The number of hydrogen-bond acceptors (Lipinski definition) is 7. The molecular formula is C24H31F2N5O2. The van der Waals surface area contributed by atoms with E-state index in [1.54, 1.807) is 13.3 Å². The Labute approximate surface area is 192 Å². The average Bonchev–Trinajstić information content (AvgIpc) is 3.66. The lowest BCUT2D eigenvalue weighted by Crippen LogP contribution is -2.42. The smallest absolute Gasteiger partial charge is 0.387 e. The minimum absolute atomic E-state index is 0.0627. The van der Waals surface area contributed by atoms with E-state index in [2.05, 4.69) is 14.6 Å². The topological polar surface area (TPSA) is 86.4 Å². The number of alkyl halides is 2. The maximum atomic E-state index is 12.8. The zero-order chi connectivity index (χ0) is 22.9. The van der Waals surface area contributed by atoms with Gasteiger partial charge in [0, 0.05) is 55.5 Å². The lowest BCUT2D eigenvalue weighted by molar-refractivity contribution is -0.0494. The fourth-order valence-electron chi connectivity index (χ4n) is 5.34. The Balaban J connectivity index is 1.46. The van der Waals surface area contributed by atoms with Crippen LogP contribution in [0.2, 0.25) is 0 Å². The first-order valence-electron chi connectivity index (χ1n) is 11.8. The highest BCUT2D eigenvalue weighted by Gasteiger charge is 2.37. The summed E-state index contributed by atoms with van der Waals surface area (Å²) in [5.41, 5.74) is 8.10. The molecule has 9 heteroatoms. The van der Waals surface area contributed by atoms with Crippen LogP contribution in [0.3, 0.4) is 0 Å². The van der Waals surface area contributed by atoms with Crippen molar-refractivity contribution in [3.63, 3.8) is 0 Å². The van der Waals surface area contributed by atoms with Crippen LogP contribution in [-0.4, -0.2) is 59.3 Å². The van der Waals surface area contributed by atoms with E-state index in [-0.39, 0.29) is 11.6 Å². The Morgan fingerprint density at radius 1 is 1.12 bits per heavy atom. The third kappa shape index (κ3) is 5.09. The summed E-state index contributed by atoms with van der Waals surface area (Å²) >= 11 is 0. The number of aromatic nitrogens is 3. The Kier molecular flexibility index (Phi) is 6.42. The first-order valence-corrected chi connectivity index (χ1v) is 11.8. The number of nitrogens with zero attached hydrogens (tertiary/aromatic N) is 4. The third-order valence-electron chi connectivity index (χ3n) is 7.19. The molecule has 4 fully saturated rings. The van der Waals surface area contributed by atoms with Crippen molar-refractivity contribution in [3.05, 3.63) is 29.8 Å². The highest BCUT2D eigenvalue weighted by atomic mass is 19.3. The molecule has 4 aliphatic rings. The number of rotatable bonds is 8. The normalized spacial score (nSPS) is 25.4. The van der Waals surface area contributed by atoms with Crippen molar-refractivity contribution in [1.82, 2.24) is 19.9 Å². The Morgan fingerprint density at radius 2 is 1.97 bits per heavy atom. The van der Waals surface area contributed by atoms with Crippen molar-refractivity contribution in [3.8, 4) is 17.0 Å². The summed E-state index contributed by atoms with van der Waals surface area (Å²) in [7, 11) is 1.75. The first kappa shape index (κ1) is 22.4. The van der Waals surface area contributed by atoms with Gasteiger partial charge >= 0.3 is 6.61 Å². The fourth-order valence-corrected chi connectivity index (χ4v) is 5.34. The summed E-state index contributed by atoms with van der Waals surface area (Å²) < 4.78 is 35.5. The molecule has 3 atom stereocenters. The number of fused-ring (bicyclic) bond motifs is 4. The van der Waals surface area contributed by atoms with Gasteiger partial charge in [-0.2, -0.15) is 8.78 Å². The van der Waals surface area contributed by atoms with Crippen LogP contribution in [0, 0.1) is 5.92 Å². The summed E-state index contributed by atoms with van der Waals surface area (Å²) in [5, 5.41) is 0. The number of pyridine rings is 1. The van der Waals surface area contributed by atoms with Crippen LogP contribution in [-0.2, 0) is 4.74 Å². The van der Waals surface area contributed by atoms with Crippen molar-refractivity contribution in [1.29, 1.82) is 0 Å². The zero-order valence-electron chi connectivity index (χ0n) is 18.9. The molecule has 0 amide bonds. The Hall–Kier alpha value is -2.39. The maximum absolute atomic E-state index is 12.8. The van der Waals surface area contributed by atoms with E-state index >= 15 is 0 Å². The van der Waals surface area contributed by atoms with E-state index in [0.717, 1.165) is 56.9 Å². The highest BCUT2D eigenvalue weighted by Crippen LogP contribution is 2.43. The van der Waals surface area contributed by atoms with Crippen molar-refractivity contribution < 1.29 is 18.3 Å². The number of piperidine rings is 1. The molecule has 4 heterocycles. The molecule has 7 nitrogen and oxygen atoms in total. The molecule has 2 saturated heterocycles. The summed E-state index contributed by atoms with van der Waals surface area (Å²) in [6, 6.07) is 4.05. The van der Waals surface area contributed by atoms with E-state index in [4.69, 9.17) is 20.4 Å². The average molecular weight is 460 g/mol. The molecular weight excluding hydrogens is 428 g/mol. The minimum Gasteiger partial charge on any atom is -0.431 e. The van der Waals surface area contributed by atoms with Gasteiger partial charge in [0.25, 0.3) is 0 Å². The second-order valence-electron chi connectivity index (χ2n) is 9.55. The molecule has 0 radical (unpaired) electrons. The number of anilines is 1. The molecule has 2 saturated carbocycles. The molecule has 178 valence electrons. The first-order chi connectivity index (χ1) is 16.0. The predicted octanol–water partition coefficient (Wildman–Crippen LogP) is 4.20. The number of hydrogen-bond donors (Lipinski definition) is 1. The Bertz CT molecular complexity index is 987. The highest BCUT2D eigenvalue weighted by molar-refractivity contribution is 5.64. The van der Waals surface area contributed by atoms with Gasteiger partial charge < -0.3 is 15.2 Å². The molecule has 2 N–H and O–H groups in total. The zero-order valence-corrected chi connectivity index (χ0v) is 18.9. The molecule has 2 aromatic heterocycles. The van der Waals surface area contributed by atoms with Gasteiger partial charge in [0.15, 0.2) is 11.6 Å². The van der Waals surface area contributed by atoms with E-state index in [1.807, 2.05) is 6.07 Å². The van der Waals surface area contributed by atoms with Crippen LogP contribution in [0.5, 0.6) is 5.75 Å². The van der Waals surface area contributed by atoms with Crippen LogP contribution in [0.1, 0.15) is 61.9 Å². The molecule has 2 aromatic rings. The number of nitrogen functional groups attached to an aromatic ring is 1. The van der Waals surface area contributed by atoms with Crippen molar-refractivity contribution in [2.24, 2.45) is 5.92 Å². The largest absolute Gasteiger partial charge is 0.431 e. The summed E-state index contributed by atoms with van der Waals surface area (Å²) in [5.74, 6) is 2.04. The quantitative estimate of drug-likeness (QED) is 0.633. The van der Waals surface area contributed by atoms with Gasteiger partial charge in [-0.3, -0.25) is 4.90 Å². The van der Waals surface area contributed by atoms with E-state index < -0.39 is 6.61 Å². The van der Waals surface area contributed by atoms with Crippen molar-refractivity contribution in [2.75, 3.05) is 32.5 Å². The molecule has 0 spiro atoms. The van der Waals surface area contributed by atoms with Gasteiger partial charge in [-0.15, -0.1) is 0 Å². The maximum Gasteiger partial charge on any atom is 0.387 e. The molecule has 33 heavy (non-hydrogen) atoms. The van der Waals surface area contributed by atoms with Crippen LogP contribution in [0.25, 0.3) is 11.3 Å². The lowest BCUT2D eigenvalue weighted by atomic mass is 9.90. The monoisotopic (exact) mass is 459 g/mol. The molecule has 6 rings (SSSR count). The molecule has 2 aliphatic carbocycles. The molecule has 0 aromatic carbocycles. The van der Waals surface area contributed by atoms with Crippen LogP contribution >= 0.6 is 0 Å². The number of ether oxygens (including phenoxy) is 2. The van der Waals surface area contributed by atoms with E-state index in [9.17, 15) is 8.78 Å². The van der Waals surface area contributed by atoms with Gasteiger partial charge in [0.05, 0.1) is 12.3 Å². The number of nitrogens with two attached hydrogens (primary N) is 1. The standard InChI is InChI=1S/C24H31F2N5O2/c1-32-7-6-31-13-14-2-5-18(31)9-16(8-14)19-11-20(30-23(29-19)15-3-4-15)17-10-21(33-24(25)26)22(27)28-12-17/h10-12,14-16,18,24H,2-9,13H2,1H3,(H2,27,28). The van der Waals surface area contributed by atoms with Crippen LogP contribution in [0.4, 0.5) is 14.6 Å². The molecule has 2 bridgehead atoms. The lowest BCUT2D eigenvalue weighted by Gasteiger charge is -2.36. The third-order valence-corrected chi connectivity index (χ3v) is 7.19. The van der Waals surface area contributed by atoms with Gasteiger partial charge in [0.2, 0.25) is 0 Å². The van der Waals surface area contributed by atoms with Gasteiger partial charge in [-0.1, -0.05) is 0 Å². The SMILES string of the molecule is COCCN1CC2CCC1CC(c1cc(-c3cnc(N)c(OC(F)F)c3)nc(C3CC3)n1)C2. The second-order valence-corrected chi connectivity index (χ2v) is 9.55. The van der Waals surface area contributed by atoms with Crippen molar-refractivity contribution >= 4 is 5.82 Å². The summed E-state index contributed by atoms with van der Waals surface area (Å²) in [4.78, 5) is 16.4. The molecule has 2 aliphatic heterocycles. The Morgan fingerprint density at radius 3 is 2.73 bits per heavy atom. The second kappa shape index (κ2) is 9.46. The van der Waals surface area contributed by atoms with Gasteiger partial charge in [-0.05, 0) is 56.6 Å². The number of halogens is 2.